The maximum absolute atomic E-state index is 6.15. The molecule has 5 heteroatoms. The Morgan fingerprint density at radius 2 is 1.76 bits per heavy atom. The molecule has 0 radical (unpaired) electrons. The van der Waals surface area contributed by atoms with Crippen LogP contribution in [0.1, 0.15) is 17.5 Å². The molecule has 0 saturated carbocycles. The van der Waals surface area contributed by atoms with Crippen LogP contribution in [0, 0.1) is 0 Å². The fourth-order valence-electron chi connectivity index (χ4n) is 2.09. The molecule has 2 N–H and O–H groups in total. The van der Waals surface area contributed by atoms with Crippen molar-refractivity contribution in [2.24, 2.45) is 5.73 Å². The van der Waals surface area contributed by atoms with Crippen LogP contribution in [0.25, 0.3) is 11.4 Å². The monoisotopic (exact) mass is 343 g/mol. The second-order valence-electron chi connectivity index (χ2n) is 4.73. The first-order valence-electron chi connectivity index (χ1n) is 6.62. The van der Waals surface area contributed by atoms with Crippen LogP contribution in [0.15, 0.2) is 63.6 Å². The molecule has 106 valence electrons. The van der Waals surface area contributed by atoms with Gasteiger partial charge in [0.15, 0.2) is 0 Å². The molecule has 1 aromatic heterocycles. The molecule has 0 saturated heterocycles. The fraction of sp³-hybridized carbons (Fsp3) is 0.125. The van der Waals surface area contributed by atoms with Gasteiger partial charge in [-0.2, -0.15) is 4.98 Å². The van der Waals surface area contributed by atoms with Gasteiger partial charge in [0.25, 0.3) is 0 Å². The topological polar surface area (TPSA) is 64.9 Å². The van der Waals surface area contributed by atoms with E-state index in [2.05, 4.69) is 26.1 Å². The first-order chi connectivity index (χ1) is 10.2. The summed E-state index contributed by atoms with van der Waals surface area (Å²) in [7, 11) is 0. The van der Waals surface area contributed by atoms with E-state index < -0.39 is 0 Å². The van der Waals surface area contributed by atoms with Gasteiger partial charge in [0.2, 0.25) is 11.7 Å². The molecular formula is C16H14BrN3O. The van der Waals surface area contributed by atoms with E-state index in [0.717, 1.165) is 15.6 Å². The zero-order chi connectivity index (χ0) is 14.7. The number of nitrogens with two attached hydrogens (primary N) is 1. The maximum atomic E-state index is 6.15. The van der Waals surface area contributed by atoms with Crippen LogP contribution in [-0.4, -0.2) is 10.1 Å². The van der Waals surface area contributed by atoms with E-state index in [4.69, 9.17) is 10.3 Å². The van der Waals surface area contributed by atoms with Crippen LogP contribution in [-0.2, 0) is 6.42 Å². The third kappa shape index (κ3) is 3.20. The summed E-state index contributed by atoms with van der Waals surface area (Å²) < 4.78 is 6.23. The number of hydrogen-bond acceptors (Lipinski definition) is 4. The van der Waals surface area contributed by atoms with Crippen molar-refractivity contribution < 1.29 is 4.52 Å². The largest absolute Gasteiger partial charge is 0.337 e. The van der Waals surface area contributed by atoms with E-state index in [1.165, 1.54) is 0 Å². The first-order valence-corrected chi connectivity index (χ1v) is 7.41. The lowest BCUT2D eigenvalue weighted by molar-refractivity contribution is 0.354. The molecule has 1 heterocycles. The van der Waals surface area contributed by atoms with Crippen molar-refractivity contribution in [2.75, 3.05) is 0 Å². The molecule has 0 bridgehead atoms. The number of rotatable bonds is 4. The van der Waals surface area contributed by atoms with Gasteiger partial charge in [0.1, 0.15) is 0 Å². The third-order valence-electron chi connectivity index (χ3n) is 3.17. The fourth-order valence-corrected chi connectivity index (χ4v) is 2.56. The molecule has 0 aliphatic carbocycles. The van der Waals surface area contributed by atoms with Crippen molar-refractivity contribution in [2.45, 2.75) is 12.5 Å². The van der Waals surface area contributed by atoms with Gasteiger partial charge in [0, 0.05) is 10.0 Å². The van der Waals surface area contributed by atoms with Gasteiger partial charge >= 0.3 is 0 Å². The molecule has 2 aromatic carbocycles. The van der Waals surface area contributed by atoms with Crippen LogP contribution in [0.5, 0.6) is 0 Å². The number of halogens is 1. The molecule has 21 heavy (non-hydrogen) atoms. The summed E-state index contributed by atoms with van der Waals surface area (Å²) in [6.45, 7) is 0. The Morgan fingerprint density at radius 1 is 1.05 bits per heavy atom. The molecule has 0 spiro atoms. The maximum Gasteiger partial charge on any atom is 0.244 e. The molecule has 4 nitrogen and oxygen atoms in total. The summed E-state index contributed by atoms with van der Waals surface area (Å²) >= 11 is 3.48. The predicted octanol–water partition coefficient (Wildman–Crippen LogP) is 3.74. The Bertz CT molecular complexity index is 727. The molecule has 0 unspecified atom stereocenters. The minimum Gasteiger partial charge on any atom is -0.337 e. The van der Waals surface area contributed by atoms with Crippen molar-refractivity contribution in [3.63, 3.8) is 0 Å². The Labute approximate surface area is 131 Å². The lowest BCUT2D eigenvalue weighted by Crippen LogP contribution is -2.13. The van der Waals surface area contributed by atoms with Crippen molar-refractivity contribution in [3.8, 4) is 11.4 Å². The summed E-state index contributed by atoms with van der Waals surface area (Å²) in [5, 5.41) is 4.01. The SMILES string of the molecule is N[C@@H](Cc1ccccc1)c1nc(-c2ccccc2Br)no1. The number of aromatic nitrogens is 2. The highest BCUT2D eigenvalue weighted by atomic mass is 79.9. The Balaban J connectivity index is 1.80. The van der Waals surface area contributed by atoms with Crippen molar-refractivity contribution in [1.29, 1.82) is 0 Å². The second kappa shape index (κ2) is 6.20. The smallest absolute Gasteiger partial charge is 0.244 e. The lowest BCUT2D eigenvalue weighted by atomic mass is 10.1. The minimum absolute atomic E-state index is 0.309. The Morgan fingerprint density at radius 3 is 2.52 bits per heavy atom. The zero-order valence-corrected chi connectivity index (χ0v) is 12.8. The third-order valence-corrected chi connectivity index (χ3v) is 3.86. The summed E-state index contributed by atoms with van der Waals surface area (Å²) in [6, 6.07) is 17.5. The molecule has 0 aliphatic heterocycles. The minimum atomic E-state index is -0.309. The molecule has 3 aromatic rings. The highest BCUT2D eigenvalue weighted by Crippen LogP contribution is 2.26. The molecule has 0 fully saturated rings. The van der Waals surface area contributed by atoms with E-state index in [1.54, 1.807) is 0 Å². The Kier molecular flexibility index (Phi) is 4.13. The zero-order valence-electron chi connectivity index (χ0n) is 11.2. The summed E-state index contributed by atoms with van der Waals surface area (Å²) in [6.07, 6.45) is 0.665. The predicted molar refractivity (Wildman–Crippen MR) is 84.5 cm³/mol. The van der Waals surface area contributed by atoms with Gasteiger partial charge in [-0.05, 0) is 24.1 Å². The van der Waals surface area contributed by atoms with Crippen LogP contribution in [0.3, 0.4) is 0 Å². The summed E-state index contributed by atoms with van der Waals surface area (Å²) in [5.41, 5.74) is 8.18. The number of nitrogens with zero attached hydrogens (tertiary/aromatic N) is 2. The van der Waals surface area contributed by atoms with Gasteiger partial charge in [-0.15, -0.1) is 0 Å². The molecule has 3 rings (SSSR count). The van der Waals surface area contributed by atoms with Crippen LogP contribution in [0.2, 0.25) is 0 Å². The molecule has 0 aliphatic rings. The summed E-state index contributed by atoms with van der Waals surface area (Å²) in [4.78, 5) is 4.40. The van der Waals surface area contributed by atoms with E-state index in [9.17, 15) is 0 Å². The van der Waals surface area contributed by atoms with Crippen molar-refractivity contribution >= 4 is 15.9 Å². The average molecular weight is 344 g/mol. The van der Waals surface area contributed by atoms with E-state index in [1.807, 2.05) is 54.6 Å². The van der Waals surface area contributed by atoms with Crippen molar-refractivity contribution in [3.05, 3.63) is 70.5 Å². The van der Waals surface area contributed by atoms with Crippen LogP contribution >= 0.6 is 15.9 Å². The molecular weight excluding hydrogens is 330 g/mol. The number of hydrogen-bond donors (Lipinski definition) is 1. The molecule has 0 amide bonds. The van der Waals surface area contributed by atoms with Gasteiger partial charge in [-0.25, -0.2) is 0 Å². The second-order valence-corrected chi connectivity index (χ2v) is 5.59. The quantitative estimate of drug-likeness (QED) is 0.783. The van der Waals surface area contributed by atoms with E-state index in [0.29, 0.717) is 18.1 Å². The van der Waals surface area contributed by atoms with Gasteiger partial charge in [-0.3, -0.25) is 0 Å². The standard InChI is InChI=1S/C16H14BrN3O/c17-13-9-5-4-8-12(13)15-19-16(21-20-15)14(18)10-11-6-2-1-3-7-11/h1-9,14H,10,18H2/t14-/m0/s1. The van der Waals surface area contributed by atoms with Gasteiger partial charge in [0.05, 0.1) is 6.04 Å². The molecule has 1 atom stereocenters. The van der Waals surface area contributed by atoms with Gasteiger partial charge in [-0.1, -0.05) is 63.6 Å². The number of benzene rings is 2. The highest BCUT2D eigenvalue weighted by molar-refractivity contribution is 9.10. The van der Waals surface area contributed by atoms with Crippen LogP contribution < -0.4 is 5.73 Å². The Hall–Kier alpha value is -1.98. The van der Waals surface area contributed by atoms with E-state index in [-0.39, 0.29) is 6.04 Å². The van der Waals surface area contributed by atoms with Gasteiger partial charge < -0.3 is 10.3 Å². The van der Waals surface area contributed by atoms with Crippen molar-refractivity contribution in [1.82, 2.24) is 10.1 Å². The first kappa shape index (κ1) is 14.0. The van der Waals surface area contributed by atoms with Crippen LogP contribution in [0.4, 0.5) is 0 Å². The summed E-state index contributed by atoms with van der Waals surface area (Å²) in [5.74, 6) is 0.991. The lowest BCUT2D eigenvalue weighted by Gasteiger charge is -2.06. The average Bonchev–Trinajstić information content (AvgIpc) is 2.98. The normalized spacial score (nSPS) is 12.3. The highest BCUT2D eigenvalue weighted by Gasteiger charge is 2.17. The van der Waals surface area contributed by atoms with E-state index >= 15 is 0 Å².